The van der Waals surface area contributed by atoms with Gasteiger partial charge in [-0.05, 0) is 25.1 Å². The van der Waals surface area contributed by atoms with Crippen molar-refractivity contribution in [1.82, 2.24) is 4.98 Å². The van der Waals surface area contributed by atoms with E-state index in [1.165, 1.54) is 12.1 Å². The molecule has 4 nitrogen and oxygen atoms in total. The Hall–Kier alpha value is -2.44. The van der Waals surface area contributed by atoms with Crippen LogP contribution >= 0.6 is 0 Å². The third-order valence-corrected chi connectivity index (χ3v) is 2.94. The number of aryl methyl sites for hydroxylation is 1. The lowest BCUT2D eigenvalue weighted by molar-refractivity contribution is -0.275. The number of anilines is 1. The maximum Gasteiger partial charge on any atom is 0.573 e. The molecule has 1 aromatic heterocycles. The molecule has 22 heavy (non-hydrogen) atoms. The van der Waals surface area contributed by atoms with Crippen LogP contribution in [0.15, 0.2) is 36.5 Å². The van der Waals surface area contributed by atoms with Gasteiger partial charge in [0.1, 0.15) is 12.4 Å². The molecule has 0 amide bonds. The van der Waals surface area contributed by atoms with Gasteiger partial charge in [-0.25, -0.2) is 4.98 Å². The van der Waals surface area contributed by atoms with E-state index in [9.17, 15) is 13.2 Å². The highest BCUT2D eigenvalue weighted by Gasteiger charge is 2.32. The molecule has 1 heterocycles. The number of aromatic nitrogens is 1. The van der Waals surface area contributed by atoms with Crippen molar-refractivity contribution >= 4 is 5.69 Å². The van der Waals surface area contributed by atoms with E-state index in [1.54, 1.807) is 38.4 Å². The van der Waals surface area contributed by atoms with Crippen molar-refractivity contribution in [3.05, 3.63) is 47.7 Å². The maximum atomic E-state index is 12.5. The minimum Gasteiger partial charge on any atom is -0.472 e. The summed E-state index contributed by atoms with van der Waals surface area (Å²) in [4.78, 5) is 4.05. The fourth-order valence-electron chi connectivity index (χ4n) is 1.93. The first-order valence-electron chi connectivity index (χ1n) is 6.50. The van der Waals surface area contributed by atoms with E-state index in [2.05, 4.69) is 15.0 Å². The normalized spacial score (nSPS) is 11.1. The molecule has 7 heteroatoms. The van der Waals surface area contributed by atoms with Crippen molar-refractivity contribution in [1.29, 1.82) is 0 Å². The summed E-state index contributed by atoms with van der Waals surface area (Å²) in [5.41, 5.74) is 1.56. The standard InChI is InChI=1S/C15H15F3N2O2/c1-10-5-4-8-20-14(10)21-9-11-12(19-2)6-3-7-13(11)22-15(16,17)18/h3-8,19H,9H2,1-2H3. The monoisotopic (exact) mass is 312 g/mol. The Morgan fingerprint density at radius 3 is 2.59 bits per heavy atom. The number of nitrogens with zero attached hydrogens (tertiary/aromatic N) is 1. The molecule has 0 fully saturated rings. The number of alkyl halides is 3. The second-order valence-corrected chi connectivity index (χ2v) is 4.49. The van der Waals surface area contributed by atoms with Crippen LogP contribution < -0.4 is 14.8 Å². The summed E-state index contributed by atoms with van der Waals surface area (Å²) in [6.07, 6.45) is -3.21. The van der Waals surface area contributed by atoms with E-state index < -0.39 is 6.36 Å². The van der Waals surface area contributed by atoms with Crippen LogP contribution in [0.3, 0.4) is 0 Å². The Labute approximate surface area is 125 Å². The molecular formula is C15H15F3N2O2. The topological polar surface area (TPSA) is 43.4 Å². The summed E-state index contributed by atoms with van der Waals surface area (Å²) in [5, 5.41) is 2.82. The van der Waals surface area contributed by atoms with Crippen molar-refractivity contribution in [2.45, 2.75) is 19.9 Å². The zero-order valence-electron chi connectivity index (χ0n) is 12.1. The predicted molar refractivity (Wildman–Crippen MR) is 76.0 cm³/mol. The molecule has 0 spiro atoms. The molecule has 1 aromatic carbocycles. The van der Waals surface area contributed by atoms with E-state index in [0.717, 1.165) is 5.56 Å². The first-order chi connectivity index (χ1) is 10.4. The fraction of sp³-hybridized carbons (Fsp3) is 0.267. The summed E-state index contributed by atoms with van der Waals surface area (Å²) < 4.78 is 47.0. The number of hydrogen-bond acceptors (Lipinski definition) is 4. The zero-order chi connectivity index (χ0) is 16.2. The van der Waals surface area contributed by atoms with Crippen LogP contribution in [-0.2, 0) is 6.61 Å². The van der Waals surface area contributed by atoms with Crippen LogP contribution in [-0.4, -0.2) is 18.4 Å². The van der Waals surface area contributed by atoms with Gasteiger partial charge in [0.2, 0.25) is 5.88 Å². The van der Waals surface area contributed by atoms with Gasteiger partial charge in [-0.2, -0.15) is 0 Å². The highest BCUT2D eigenvalue weighted by Crippen LogP contribution is 2.32. The minimum atomic E-state index is -4.76. The van der Waals surface area contributed by atoms with Crippen LogP contribution in [0.4, 0.5) is 18.9 Å². The molecule has 2 aromatic rings. The number of benzene rings is 1. The van der Waals surface area contributed by atoms with Crippen LogP contribution in [0.2, 0.25) is 0 Å². The number of pyridine rings is 1. The lowest BCUT2D eigenvalue weighted by Crippen LogP contribution is -2.19. The molecule has 0 bridgehead atoms. The first-order valence-corrected chi connectivity index (χ1v) is 6.50. The van der Waals surface area contributed by atoms with Gasteiger partial charge in [0.25, 0.3) is 0 Å². The molecule has 0 atom stereocenters. The summed E-state index contributed by atoms with van der Waals surface area (Å²) >= 11 is 0. The number of nitrogens with one attached hydrogen (secondary N) is 1. The molecule has 0 saturated carbocycles. The molecule has 1 N–H and O–H groups in total. The van der Waals surface area contributed by atoms with Gasteiger partial charge >= 0.3 is 6.36 Å². The van der Waals surface area contributed by atoms with Crippen molar-refractivity contribution in [2.24, 2.45) is 0 Å². The molecule has 0 unspecified atom stereocenters. The Morgan fingerprint density at radius 2 is 1.95 bits per heavy atom. The average molecular weight is 312 g/mol. The molecule has 0 aliphatic rings. The maximum absolute atomic E-state index is 12.5. The third kappa shape index (κ3) is 4.03. The SMILES string of the molecule is CNc1cccc(OC(F)(F)F)c1COc1ncccc1C. The lowest BCUT2D eigenvalue weighted by Gasteiger charge is -2.17. The Morgan fingerprint density at radius 1 is 1.18 bits per heavy atom. The van der Waals surface area contributed by atoms with Crippen LogP contribution in [0.5, 0.6) is 11.6 Å². The van der Waals surface area contributed by atoms with Gasteiger partial charge in [0.05, 0.1) is 5.56 Å². The zero-order valence-corrected chi connectivity index (χ0v) is 12.1. The molecule has 0 saturated heterocycles. The van der Waals surface area contributed by atoms with E-state index in [0.29, 0.717) is 11.6 Å². The van der Waals surface area contributed by atoms with E-state index in [4.69, 9.17) is 4.74 Å². The number of hydrogen-bond donors (Lipinski definition) is 1. The van der Waals surface area contributed by atoms with Gasteiger partial charge in [-0.3, -0.25) is 0 Å². The van der Waals surface area contributed by atoms with Gasteiger partial charge in [0.15, 0.2) is 0 Å². The van der Waals surface area contributed by atoms with Crippen molar-refractivity contribution in [2.75, 3.05) is 12.4 Å². The fourth-order valence-corrected chi connectivity index (χ4v) is 1.93. The van der Waals surface area contributed by atoms with Gasteiger partial charge < -0.3 is 14.8 Å². The van der Waals surface area contributed by atoms with Crippen LogP contribution in [0, 0.1) is 6.92 Å². The Kier molecular flexibility index (Phi) is 4.75. The molecule has 0 aliphatic heterocycles. The van der Waals surface area contributed by atoms with Gasteiger partial charge in [-0.1, -0.05) is 12.1 Å². The first kappa shape index (κ1) is 15.9. The molecule has 0 radical (unpaired) electrons. The minimum absolute atomic E-state index is 0.0969. The summed E-state index contributed by atoms with van der Waals surface area (Å²) in [5.74, 6) is 0.0688. The van der Waals surface area contributed by atoms with E-state index in [1.807, 2.05) is 0 Å². The number of rotatable bonds is 5. The Bertz CT molecular complexity index is 645. The highest BCUT2D eigenvalue weighted by atomic mass is 19.4. The quantitative estimate of drug-likeness (QED) is 0.909. The van der Waals surface area contributed by atoms with Crippen molar-refractivity contribution < 1.29 is 22.6 Å². The van der Waals surface area contributed by atoms with E-state index in [-0.39, 0.29) is 17.9 Å². The second kappa shape index (κ2) is 6.55. The van der Waals surface area contributed by atoms with Crippen molar-refractivity contribution in [3.63, 3.8) is 0 Å². The lowest BCUT2D eigenvalue weighted by atomic mass is 10.1. The summed E-state index contributed by atoms with van der Waals surface area (Å²) in [6.45, 7) is 1.71. The van der Waals surface area contributed by atoms with Crippen molar-refractivity contribution in [3.8, 4) is 11.6 Å². The average Bonchev–Trinajstić information content (AvgIpc) is 2.45. The van der Waals surface area contributed by atoms with Gasteiger partial charge in [0, 0.05) is 24.5 Å². The Balaban J connectivity index is 2.26. The van der Waals surface area contributed by atoms with Gasteiger partial charge in [-0.15, -0.1) is 13.2 Å². The molecule has 0 aliphatic carbocycles. The largest absolute Gasteiger partial charge is 0.573 e. The van der Waals surface area contributed by atoms with E-state index >= 15 is 0 Å². The smallest absolute Gasteiger partial charge is 0.472 e. The summed E-state index contributed by atoms with van der Waals surface area (Å²) in [6, 6.07) is 7.93. The number of halogens is 3. The van der Waals surface area contributed by atoms with Crippen LogP contribution in [0.1, 0.15) is 11.1 Å². The van der Waals surface area contributed by atoms with Crippen LogP contribution in [0.25, 0.3) is 0 Å². The second-order valence-electron chi connectivity index (χ2n) is 4.49. The third-order valence-electron chi connectivity index (χ3n) is 2.94. The predicted octanol–water partition coefficient (Wildman–Crippen LogP) is 3.91. The molecule has 2 rings (SSSR count). The number of ether oxygens (including phenoxy) is 2. The highest BCUT2D eigenvalue weighted by molar-refractivity contribution is 5.57. The molecular weight excluding hydrogens is 297 g/mol. The summed E-state index contributed by atoms with van der Waals surface area (Å²) in [7, 11) is 1.61. The molecule has 118 valence electrons.